The van der Waals surface area contributed by atoms with Gasteiger partial charge >= 0.3 is 12.0 Å². The SMILES string of the molecule is CC(NC(=O)NCC1CCC(C(=O)O)CC1)c1cn[nH]c1. The van der Waals surface area contributed by atoms with Crippen LogP contribution in [0.5, 0.6) is 0 Å². The molecule has 1 saturated carbocycles. The fourth-order valence-electron chi connectivity index (χ4n) is 2.68. The molecule has 1 aliphatic rings. The molecule has 1 aliphatic carbocycles. The van der Waals surface area contributed by atoms with Gasteiger partial charge in [-0.2, -0.15) is 5.10 Å². The first-order chi connectivity index (χ1) is 10.1. The molecule has 1 unspecified atom stereocenters. The third-order valence-corrected chi connectivity index (χ3v) is 4.11. The predicted octanol–water partition coefficient (Wildman–Crippen LogP) is 1.66. The summed E-state index contributed by atoms with van der Waals surface area (Å²) in [6, 6.07) is -0.310. The van der Waals surface area contributed by atoms with E-state index in [9.17, 15) is 9.59 Å². The summed E-state index contributed by atoms with van der Waals surface area (Å²) in [4.78, 5) is 22.7. The molecule has 0 spiro atoms. The Morgan fingerprint density at radius 1 is 1.43 bits per heavy atom. The van der Waals surface area contributed by atoms with E-state index in [0.717, 1.165) is 18.4 Å². The van der Waals surface area contributed by atoms with Gasteiger partial charge in [0.1, 0.15) is 0 Å². The van der Waals surface area contributed by atoms with Gasteiger partial charge in [-0.05, 0) is 38.5 Å². The van der Waals surface area contributed by atoms with Crippen LogP contribution in [0.4, 0.5) is 4.79 Å². The lowest BCUT2D eigenvalue weighted by molar-refractivity contribution is -0.143. The van der Waals surface area contributed by atoms with E-state index in [0.29, 0.717) is 25.3 Å². The van der Waals surface area contributed by atoms with E-state index in [4.69, 9.17) is 5.11 Å². The normalized spacial score (nSPS) is 23.3. The molecule has 0 aliphatic heterocycles. The molecule has 1 fully saturated rings. The number of aliphatic carboxylic acids is 1. The maximum atomic E-state index is 11.8. The van der Waals surface area contributed by atoms with Crippen LogP contribution in [0.2, 0.25) is 0 Å². The number of carbonyl (C=O) groups excluding carboxylic acids is 1. The molecular weight excluding hydrogens is 272 g/mol. The van der Waals surface area contributed by atoms with E-state index >= 15 is 0 Å². The van der Waals surface area contributed by atoms with Crippen molar-refractivity contribution in [2.24, 2.45) is 11.8 Å². The van der Waals surface area contributed by atoms with Crippen LogP contribution in [0.3, 0.4) is 0 Å². The maximum absolute atomic E-state index is 11.8. The molecule has 7 nitrogen and oxygen atoms in total. The molecule has 1 aromatic heterocycles. The standard InChI is InChI=1S/C14H22N4O3/c1-9(12-7-16-17-8-12)18-14(21)15-6-10-2-4-11(5-3-10)13(19)20/h7-11H,2-6H2,1H3,(H,16,17)(H,19,20)(H2,15,18,21). The Balaban J connectivity index is 1.67. The number of hydrogen-bond acceptors (Lipinski definition) is 3. The Morgan fingerprint density at radius 3 is 2.71 bits per heavy atom. The van der Waals surface area contributed by atoms with Crippen molar-refractivity contribution in [2.45, 2.75) is 38.6 Å². The smallest absolute Gasteiger partial charge is 0.315 e. The summed E-state index contributed by atoms with van der Waals surface area (Å²) < 4.78 is 0. The van der Waals surface area contributed by atoms with Gasteiger partial charge in [-0.15, -0.1) is 0 Å². The number of carboxylic acids is 1. The van der Waals surface area contributed by atoms with Crippen molar-refractivity contribution >= 4 is 12.0 Å². The van der Waals surface area contributed by atoms with Crippen LogP contribution < -0.4 is 10.6 Å². The second-order valence-electron chi connectivity index (χ2n) is 5.66. The summed E-state index contributed by atoms with van der Waals surface area (Å²) in [5.41, 5.74) is 0.923. The summed E-state index contributed by atoms with van der Waals surface area (Å²) in [6.07, 6.45) is 6.54. The molecule has 116 valence electrons. The van der Waals surface area contributed by atoms with E-state index < -0.39 is 5.97 Å². The number of H-pyrrole nitrogens is 1. The number of carboxylic acid groups (broad SMARTS) is 1. The zero-order chi connectivity index (χ0) is 15.2. The first kappa shape index (κ1) is 15.3. The monoisotopic (exact) mass is 294 g/mol. The third kappa shape index (κ3) is 4.47. The minimum Gasteiger partial charge on any atom is -0.481 e. The van der Waals surface area contributed by atoms with Crippen LogP contribution in [-0.4, -0.2) is 33.8 Å². The zero-order valence-electron chi connectivity index (χ0n) is 12.1. The molecule has 7 heteroatoms. The van der Waals surface area contributed by atoms with Crippen molar-refractivity contribution in [1.82, 2.24) is 20.8 Å². The van der Waals surface area contributed by atoms with Crippen LogP contribution in [0.25, 0.3) is 0 Å². The van der Waals surface area contributed by atoms with E-state index in [1.165, 1.54) is 0 Å². The number of amides is 2. The molecule has 0 aromatic carbocycles. The average Bonchev–Trinajstić information content (AvgIpc) is 3.00. The Kier molecular flexibility index (Phi) is 5.19. The fourth-order valence-corrected chi connectivity index (χ4v) is 2.68. The van der Waals surface area contributed by atoms with Gasteiger partial charge in [-0.3, -0.25) is 9.89 Å². The molecule has 0 radical (unpaired) electrons. The highest BCUT2D eigenvalue weighted by atomic mass is 16.4. The molecule has 0 saturated heterocycles. The number of rotatable bonds is 5. The van der Waals surface area contributed by atoms with Gasteiger partial charge in [0.15, 0.2) is 0 Å². The van der Waals surface area contributed by atoms with Crippen molar-refractivity contribution in [2.75, 3.05) is 6.54 Å². The Morgan fingerprint density at radius 2 is 2.14 bits per heavy atom. The highest BCUT2D eigenvalue weighted by molar-refractivity contribution is 5.74. The maximum Gasteiger partial charge on any atom is 0.315 e. The van der Waals surface area contributed by atoms with Crippen LogP contribution in [0, 0.1) is 11.8 Å². The fraction of sp³-hybridized carbons (Fsp3) is 0.643. The van der Waals surface area contributed by atoms with Gasteiger partial charge in [-0.25, -0.2) is 4.79 Å². The van der Waals surface area contributed by atoms with E-state index in [1.807, 2.05) is 6.92 Å². The third-order valence-electron chi connectivity index (χ3n) is 4.11. The second kappa shape index (κ2) is 7.10. The largest absolute Gasteiger partial charge is 0.481 e. The second-order valence-corrected chi connectivity index (χ2v) is 5.66. The van der Waals surface area contributed by atoms with Gasteiger partial charge in [0.25, 0.3) is 0 Å². The number of nitrogens with one attached hydrogen (secondary N) is 3. The summed E-state index contributed by atoms with van der Waals surface area (Å²) >= 11 is 0. The number of carbonyl (C=O) groups is 2. The Bertz CT molecular complexity index is 467. The quantitative estimate of drug-likeness (QED) is 0.662. The molecule has 2 amide bonds. The molecular formula is C14H22N4O3. The van der Waals surface area contributed by atoms with Gasteiger partial charge in [0.2, 0.25) is 0 Å². The van der Waals surface area contributed by atoms with E-state index in [-0.39, 0.29) is 18.0 Å². The van der Waals surface area contributed by atoms with Crippen molar-refractivity contribution in [1.29, 1.82) is 0 Å². The molecule has 21 heavy (non-hydrogen) atoms. The van der Waals surface area contributed by atoms with E-state index in [2.05, 4.69) is 20.8 Å². The Hall–Kier alpha value is -2.05. The zero-order valence-corrected chi connectivity index (χ0v) is 12.1. The summed E-state index contributed by atoms with van der Waals surface area (Å²) in [5.74, 6) is -0.542. The van der Waals surface area contributed by atoms with Crippen molar-refractivity contribution in [3.05, 3.63) is 18.0 Å². The highest BCUT2D eigenvalue weighted by Crippen LogP contribution is 2.28. The number of hydrogen-bond donors (Lipinski definition) is 4. The van der Waals surface area contributed by atoms with Crippen molar-refractivity contribution in [3.63, 3.8) is 0 Å². The van der Waals surface area contributed by atoms with Gasteiger partial charge in [0.05, 0.1) is 18.2 Å². The first-order valence-electron chi connectivity index (χ1n) is 7.32. The lowest BCUT2D eigenvalue weighted by Crippen LogP contribution is -2.40. The molecule has 0 bridgehead atoms. The lowest BCUT2D eigenvalue weighted by Gasteiger charge is -2.26. The van der Waals surface area contributed by atoms with Gasteiger partial charge < -0.3 is 15.7 Å². The molecule has 4 N–H and O–H groups in total. The predicted molar refractivity (Wildman–Crippen MR) is 76.6 cm³/mol. The minimum absolute atomic E-state index is 0.105. The van der Waals surface area contributed by atoms with Crippen LogP contribution in [-0.2, 0) is 4.79 Å². The number of aromatic amines is 1. The highest BCUT2D eigenvalue weighted by Gasteiger charge is 2.26. The van der Waals surface area contributed by atoms with Crippen LogP contribution in [0.15, 0.2) is 12.4 Å². The minimum atomic E-state index is -0.701. The van der Waals surface area contributed by atoms with Crippen molar-refractivity contribution < 1.29 is 14.7 Å². The number of urea groups is 1. The van der Waals surface area contributed by atoms with Gasteiger partial charge in [0, 0.05) is 18.3 Å². The molecule has 1 atom stereocenters. The average molecular weight is 294 g/mol. The van der Waals surface area contributed by atoms with Gasteiger partial charge in [-0.1, -0.05) is 0 Å². The number of nitrogens with zero attached hydrogens (tertiary/aromatic N) is 1. The Labute approximate surface area is 123 Å². The lowest BCUT2D eigenvalue weighted by atomic mass is 9.82. The molecule has 1 aromatic rings. The first-order valence-corrected chi connectivity index (χ1v) is 7.32. The topological polar surface area (TPSA) is 107 Å². The van der Waals surface area contributed by atoms with Crippen molar-refractivity contribution in [3.8, 4) is 0 Å². The van der Waals surface area contributed by atoms with E-state index in [1.54, 1.807) is 12.4 Å². The van der Waals surface area contributed by atoms with Crippen LogP contribution in [0.1, 0.15) is 44.2 Å². The number of aromatic nitrogens is 2. The van der Waals surface area contributed by atoms with Crippen LogP contribution >= 0.6 is 0 Å². The summed E-state index contributed by atoms with van der Waals surface area (Å²) in [5, 5.41) is 21.2. The summed E-state index contributed by atoms with van der Waals surface area (Å²) in [7, 11) is 0. The molecule has 1 heterocycles. The molecule has 2 rings (SSSR count). The summed E-state index contributed by atoms with van der Waals surface area (Å²) in [6.45, 7) is 2.48.